The van der Waals surface area contributed by atoms with E-state index in [-0.39, 0.29) is 5.78 Å². The van der Waals surface area contributed by atoms with Crippen LogP contribution in [0.4, 0.5) is 0 Å². The van der Waals surface area contributed by atoms with Crippen LogP contribution in [0, 0.1) is 5.92 Å². The van der Waals surface area contributed by atoms with Gasteiger partial charge in [-0.2, -0.15) is 0 Å². The van der Waals surface area contributed by atoms with Crippen molar-refractivity contribution < 1.29 is 18.5 Å². The van der Waals surface area contributed by atoms with Crippen LogP contribution in [0.1, 0.15) is 42.4 Å². The molecule has 0 atom stereocenters. The lowest BCUT2D eigenvalue weighted by Gasteiger charge is -2.48. The van der Waals surface area contributed by atoms with Gasteiger partial charge in [0.25, 0.3) is 5.78 Å². The maximum atomic E-state index is 12.4. The number of quaternary nitrogens is 1. The molecule has 110 valence electrons. The SMILES string of the molecule is CCOCc1cc(C(=O)C[N+]23CCC(CC2)CC3)on1. The first kappa shape index (κ1) is 13.8. The fraction of sp³-hybridized carbons (Fsp3) is 0.733. The molecule has 3 aliphatic heterocycles. The lowest BCUT2D eigenvalue weighted by Crippen LogP contribution is -2.60. The first-order chi connectivity index (χ1) is 9.71. The zero-order chi connectivity index (χ0) is 14.0. The minimum atomic E-state index is 0.0839. The van der Waals surface area contributed by atoms with Crippen molar-refractivity contribution in [2.24, 2.45) is 5.92 Å². The van der Waals surface area contributed by atoms with Gasteiger partial charge < -0.3 is 13.7 Å². The van der Waals surface area contributed by atoms with Crippen LogP contribution < -0.4 is 0 Å². The fourth-order valence-electron chi connectivity index (χ4n) is 3.48. The largest absolute Gasteiger partial charge is 0.375 e. The summed E-state index contributed by atoms with van der Waals surface area (Å²) < 4.78 is 11.4. The molecule has 5 heteroatoms. The maximum Gasteiger partial charge on any atom is 0.254 e. The molecule has 0 radical (unpaired) electrons. The number of nitrogens with zero attached hydrogens (tertiary/aromatic N) is 2. The Hall–Kier alpha value is -1.20. The molecule has 0 amide bonds. The third kappa shape index (κ3) is 2.79. The van der Waals surface area contributed by atoms with Gasteiger partial charge in [0, 0.05) is 12.7 Å². The van der Waals surface area contributed by atoms with Gasteiger partial charge >= 0.3 is 0 Å². The van der Waals surface area contributed by atoms with Gasteiger partial charge in [-0.25, -0.2) is 0 Å². The minimum Gasteiger partial charge on any atom is -0.375 e. The van der Waals surface area contributed by atoms with Gasteiger partial charge in [0.05, 0.1) is 26.2 Å². The molecule has 5 nitrogen and oxygen atoms in total. The first-order valence-corrected chi connectivity index (χ1v) is 7.62. The maximum absolute atomic E-state index is 12.4. The normalized spacial score (nSPS) is 28.8. The number of fused-ring (bicyclic) bond motifs is 3. The molecule has 1 aromatic rings. The van der Waals surface area contributed by atoms with Crippen LogP contribution in [0.15, 0.2) is 10.6 Å². The smallest absolute Gasteiger partial charge is 0.254 e. The number of piperidine rings is 3. The monoisotopic (exact) mass is 279 g/mol. The molecule has 3 aliphatic rings. The van der Waals surface area contributed by atoms with Crippen molar-refractivity contribution in [3.05, 3.63) is 17.5 Å². The second-order valence-electron chi connectivity index (χ2n) is 6.15. The molecule has 3 saturated heterocycles. The zero-order valence-corrected chi connectivity index (χ0v) is 12.1. The third-order valence-corrected chi connectivity index (χ3v) is 4.80. The molecule has 0 aliphatic carbocycles. The van der Waals surface area contributed by atoms with Crippen molar-refractivity contribution in [2.75, 3.05) is 32.8 Å². The van der Waals surface area contributed by atoms with Crippen LogP contribution in [0.3, 0.4) is 0 Å². The average molecular weight is 279 g/mol. The van der Waals surface area contributed by atoms with Gasteiger partial charge in [0.2, 0.25) is 5.76 Å². The van der Waals surface area contributed by atoms with E-state index in [9.17, 15) is 4.79 Å². The van der Waals surface area contributed by atoms with Gasteiger partial charge in [-0.3, -0.25) is 4.79 Å². The minimum absolute atomic E-state index is 0.0839. The number of hydrogen-bond donors (Lipinski definition) is 0. The van der Waals surface area contributed by atoms with E-state index < -0.39 is 0 Å². The number of rotatable bonds is 6. The first-order valence-electron chi connectivity index (χ1n) is 7.62. The highest BCUT2D eigenvalue weighted by molar-refractivity contribution is 5.94. The molecular formula is C15H23N2O3+. The lowest BCUT2D eigenvalue weighted by molar-refractivity contribution is -0.935. The van der Waals surface area contributed by atoms with Crippen molar-refractivity contribution in [3.8, 4) is 0 Å². The lowest BCUT2D eigenvalue weighted by atomic mass is 9.85. The van der Waals surface area contributed by atoms with E-state index in [0.717, 1.165) is 30.0 Å². The van der Waals surface area contributed by atoms with Crippen molar-refractivity contribution in [3.63, 3.8) is 0 Å². The van der Waals surface area contributed by atoms with Crippen molar-refractivity contribution >= 4 is 5.78 Å². The van der Waals surface area contributed by atoms with Gasteiger partial charge in [0.15, 0.2) is 0 Å². The predicted octanol–water partition coefficient (Wildman–Crippen LogP) is 2.02. The summed E-state index contributed by atoms with van der Waals surface area (Å²) in [6.07, 6.45) is 3.83. The number of aromatic nitrogens is 1. The highest BCUT2D eigenvalue weighted by atomic mass is 16.5. The van der Waals surface area contributed by atoms with E-state index in [1.54, 1.807) is 6.07 Å². The second-order valence-corrected chi connectivity index (χ2v) is 6.15. The molecule has 4 rings (SSSR count). The van der Waals surface area contributed by atoms with Gasteiger partial charge in [-0.1, -0.05) is 5.16 Å². The summed E-state index contributed by atoms with van der Waals surface area (Å²) in [4.78, 5) is 12.4. The Morgan fingerprint density at radius 3 is 2.75 bits per heavy atom. The summed E-state index contributed by atoms with van der Waals surface area (Å²) >= 11 is 0. The van der Waals surface area contributed by atoms with Crippen molar-refractivity contribution in [1.82, 2.24) is 5.16 Å². The summed E-state index contributed by atoms with van der Waals surface area (Å²) in [5, 5.41) is 3.90. The molecule has 20 heavy (non-hydrogen) atoms. The van der Waals surface area contributed by atoms with E-state index in [2.05, 4.69) is 5.16 Å². The molecule has 0 spiro atoms. The fourth-order valence-corrected chi connectivity index (χ4v) is 3.48. The van der Waals surface area contributed by atoms with E-state index in [1.165, 1.54) is 19.3 Å². The summed E-state index contributed by atoms with van der Waals surface area (Å²) in [5.74, 6) is 1.38. The Morgan fingerprint density at radius 1 is 1.40 bits per heavy atom. The number of ether oxygens (including phenoxy) is 1. The van der Waals surface area contributed by atoms with Crippen LogP contribution in [0.5, 0.6) is 0 Å². The summed E-state index contributed by atoms with van der Waals surface area (Å²) in [5.41, 5.74) is 0.701. The molecule has 1 aromatic heterocycles. The molecule has 2 bridgehead atoms. The average Bonchev–Trinajstić information content (AvgIpc) is 2.95. The van der Waals surface area contributed by atoms with Crippen LogP contribution in [0.2, 0.25) is 0 Å². The molecule has 0 aromatic carbocycles. The van der Waals surface area contributed by atoms with Crippen LogP contribution >= 0.6 is 0 Å². The number of hydrogen-bond acceptors (Lipinski definition) is 4. The molecule has 3 fully saturated rings. The number of Topliss-reactive ketones (excluding diaryl/α,β-unsaturated/α-hetero) is 1. The Labute approximate surface area is 119 Å². The number of carbonyl (C=O) groups excluding carboxylic acids is 1. The molecular weight excluding hydrogens is 256 g/mol. The highest BCUT2D eigenvalue weighted by Gasteiger charge is 2.41. The highest BCUT2D eigenvalue weighted by Crippen LogP contribution is 2.33. The van der Waals surface area contributed by atoms with Gasteiger partial charge in [0.1, 0.15) is 12.2 Å². The molecule has 0 unspecified atom stereocenters. The Bertz CT molecular complexity index is 461. The summed E-state index contributed by atoms with van der Waals surface area (Å²) in [6, 6.07) is 1.73. The zero-order valence-electron chi connectivity index (χ0n) is 12.1. The van der Waals surface area contributed by atoms with E-state index in [0.29, 0.717) is 31.2 Å². The Kier molecular flexibility index (Phi) is 3.89. The van der Waals surface area contributed by atoms with Crippen LogP contribution in [-0.4, -0.2) is 48.2 Å². The van der Waals surface area contributed by atoms with Gasteiger partial charge in [-0.05, 0) is 32.1 Å². The quantitative estimate of drug-likeness (QED) is 0.590. The van der Waals surface area contributed by atoms with Crippen molar-refractivity contribution in [1.29, 1.82) is 0 Å². The number of carbonyl (C=O) groups is 1. The second kappa shape index (κ2) is 5.66. The van der Waals surface area contributed by atoms with Crippen LogP contribution in [-0.2, 0) is 11.3 Å². The summed E-state index contributed by atoms with van der Waals surface area (Å²) in [7, 11) is 0. The summed E-state index contributed by atoms with van der Waals surface area (Å²) in [6.45, 7) is 6.99. The molecule has 0 saturated carbocycles. The Balaban J connectivity index is 1.62. The topological polar surface area (TPSA) is 52.3 Å². The Morgan fingerprint density at radius 2 is 2.10 bits per heavy atom. The molecule has 4 heterocycles. The number of ketones is 1. The standard InChI is InChI=1S/C15H23N2O3/c1-2-19-11-13-9-15(20-16-13)14(18)10-17-6-3-12(4-7-17)5-8-17/h9,12H,2-8,10-11H2,1H3/q+1. The van der Waals surface area contributed by atoms with Crippen molar-refractivity contribution in [2.45, 2.75) is 32.8 Å². The predicted molar refractivity (Wildman–Crippen MR) is 73.2 cm³/mol. The van der Waals surface area contributed by atoms with Gasteiger partial charge in [-0.15, -0.1) is 0 Å². The van der Waals surface area contributed by atoms with E-state index >= 15 is 0 Å². The van der Waals surface area contributed by atoms with E-state index in [4.69, 9.17) is 9.26 Å². The third-order valence-electron chi connectivity index (χ3n) is 4.80. The van der Waals surface area contributed by atoms with Crippen LogP contribution in [0.25, 0.3) is 0 Å². The molecule has 0 N–H and O–H groups in total. The van der Waals surface area contributed by atoms with E-state index in [1.807, 2.05) is 6.92 Å².